The molecular weight excluding hydrogens is 266 g/mol. The zero-order chi connectivity index (χ0) is 15.2. The van der Waals surface area contributed by atoms with E-state index in [1.165, 1.54) is 19.3 Å². The lowest BCUT2D eigenvalue weighted by atomic mass is 9.97. The molecule has 1 fully saturated rings. The zero-order valence-electron chi connectivity index (χ0n) is 13.3. The fourth-order valence-corrected chi connectivity index (χ4v) is 3.01. The van der Waals surface area contributed by atoms with E-state index in [9.17, 15) is 5.11 Å². The van der Waals surface area contributed by atoms with Gasteiger partial charge in [0.2, 0.25) is 0 Å². The third kappa shape index (κ3) is 4.61. The maximum Gasteiger partial charge on any atom is 0.123 e. The molecule has 0 aliphatic carbocycles. The predicted molar refractivity (Wildman–Crippen MR) is 84.0 cm³/mol. The standard InChI is InChI=1S/C17H27NO3/c1-13-6-4-7-14(2)18(13)11-15(19)12-21-17-9-5-8-16(10-17)20-3/h5,8-10,13-15,19H,4,6-7,11-12H2,1-3H3/t13-,14+,15-/m0/s1. The Bertz CT molecular complexity index is 428. The zero-order valence-corrected chi connectivity index (χ0v) is 13.3. The van der Waals surface area contributed by atoms with Crippen LogP contribution in [-0.2, 0) is 0 Å². The van der Waals surface area contributed by atoms with Crippen LogP contribution in [0, 0.1) is 0 Å². The van der Waals surface area contributed by atoms with Crippen LogP contribution in [0.1, 0.15) is 33.1 Å². The van der Waals surface area contributed by atoms with E-state index in [2.05, 4.69) is 18.7 Å². The lowest BCUT2D eigenvalue weighted by molar-refractivity contribution is 0.0208. The van der Waals surface area contributed by atoms with Crippen molar-refractivity contribution in [1.82, 2.24) is 4.90 Å². The van der Waals surface area contributed by atoms with E-state index < -0.39 is 6.10 Å². The Morgan fingerprint density at radius 3 is 2.57 bits per heavy atom. The lowest BCUT2D eigenvalue weighted by Gasteiger charge is -2.40. The van der Waals surface area contributed by atoms with Crippen LogP contribution in [0.15, 0.2) is 24.3 Å². The molecule has 4 nitrogen and oxygen atoms in total. The smallest absolute Gasteiger partial charge is 0.123 e. The lowest BCUT2D eigenvalue weighted by Crippen LogP contribution is -2.48. The molecule has 0 aromatic heterocycles. The van der Waals surface area contributed by atoms with Crippen molar-refractivity contribution in [3.05, 3.63) is 24.3 Å². The fraction of sp³-hybridized carbons (Fsp3) is 0.647. The van der Waals surface area contributed by atoms with Gasteiger partial charge in [0.15, 0.2) is 0 Å². The minimum absolute atomic E-state index is 0.309. The van der Waals surface area contributed by atoms with Gasteiger partial charge in [-0.15, -0.1) is 0 Å². The summed E-state index contributed by atoms with van der Waals surface area (Å²) in [4.78, 5) is 2.39. The highest BCUT2D eigenvalue weighted by Gasteiger charge is 2.26. The molecule has 0 radical (unpaired) electrons. The van der Waals surface area contributed by atoms with Crippen molar-refractivity contribution in [2.24, 2.45) is 0 Å². The molecule has 3 atom stereocenters. The Hall–Kier alpha value is -1.26. The van der Waals surface area contributed by atoms with Crippen molar-refractivity contribution in [3.8, 4) is 11.5 Å². The third-order valence-electron chi connectivity index (χ3n) is 4.28. The van der Waals surface area contributed by atoms with Gasteiger partial charge >= 0.3 is 0 Å². The van der Waals surface area contributed by atoms with Crippen molar-refractivity contribution in [2.75, 3.05) is 20.3 Å². The SMILES string of the molecule is COc1cccc(OC[C@@H](O)CN2[C@H](C)CCC[C@@H]2C)c1. The van der Waals surface area contributed by atoms with Crippen LogP contribution in [0.3, 0.4) is 0 Å². The second-order valence-electron chi connectivity index (χ2n) is 5.97. The summed E-state index contributed by atoms with van der Waals surface area (Å²) in [7, 11) is 1.63. The van der Waals surface area contributed by atoms with Crippen LogP contribution in [-0.4, -0.2) is 48.5 Å². The Balaban J connectivity index is 1.82. The molecule has 2 rings (SSSR count). The van der Waals surface area contributed by atoms with E-state index in [1.54, 1.807) is 7.11 Å². The van der Waals surface area contributed by atoms with Crippen molar-refractivity contribution >= 4 is 0 Å². The number of methoxy groups -OCH3 is 1. The fourth-order valence-electron chi connectivity index (χ4n) is 3.01. The van der Waals surface area contributed by atoms with Crippen LogP contribution >= 0.6 is 0 Å². The number of piperidine rings is 1. The quantitative estimate of drug-likeness (QED) is 0.875. The molecule has 1 aliphatic rings. The number of rotatable bonds is 6. The Labute approximate surface area is 127 Å². The number of hydrogen-bond acceptors (Lipinski definition) is 4. The minimum atomic E-state index is -0.473. The van der Waals surface area contributed by atoms with E-state index in [-0.39, 0.29) is 0 Å². The topological polar surface area (TPSA) is 41.9 Å². The first-order chi connectivity index (χ1) is 10.1. The number of hydrogen-bond donors (Lipinski definition) is 1. The number of nitrogens with zero attached hydrogens (tertiary/aromatic N) is 1. The van der Waals surface area contributed by atoms with E-state index in [0.29, 0.717) is 25.2 Å². The Morgan fingerprint density at radius 1 is 1.24 bits per heavy atom. The number of β-amino-alcohol motifs (C(OH)–C–C–N with tert-alkyl or cyclic N) is 1. The summed E-state index contributed by atoms with van der Waals surface area (Å²) < 4.78 is 10.8. The highest BCUT2D eigenvalue weighted by Crippen LogP contribution is 2.23. The van der Waals surface area contributed by atoms with Crippen LogP contribution < -0.4 is 9.47 Å². The van der Waals surface area contributed by atoms with Gasteiger partial charge in [0, 0.05) is 24.7 Å². The average Bonchev–Trinajstić information content (AvgIpc) is 2.49. The summed E-state index contributed by atoms with van der Waals surface area (Å²) in [5.74, 6) is 1.49. The number of benzene rings is 1. The van der Waals surface area contributed by atoms with E-state index in [1.807, 2.05) is 24.3 Å². The summed E-state index contributed by atoms with van der Waals surface area (Å²) in [5, 5.41) is 10.2. The average molecular weight is 293 g/mol. The molecule has 4 heteroatoms. The van der Waals surface area contributed by atoms with E-state index in [4.69, 9.17) is 9.47 Å². The maximum absolute atomic E-state index is 10.2. The van der Waals surface area contributed by atoms with Crippen LogP contribution in [0.2, 0.25) is 0 Å². The van der Waals surface area contributed by atoms with E-state index in [0.717, 1.165) is 11.5 Å². The summed E-state index contributed by atoms with van der Waals surface area (Å²) in [5.41, 5.74) is 0. The molecule has 0 bridgehead atoms. The summed E-state index contributed by atoms with van der Waals surface area (Å²) in [6.07, 6.45) is 3.25. The maximum atomic E-state index is 10.2. The van der Waals surface area contributed by atoms with Gasteiger partial charge in [-0.05, 0) is 38.8 Å². The largest absolute Gasteiger partial charge is 0.497 e. The number of aliphatic hydroxyl groups excluding tert-OH is 1. The van der Waals surface area contributed by atoms with Gasteiger partial charge in [0.25, 0.3) is 0 Å². The molecule has 0 saturated carbocycles. The van der Waals surface area contributed by atoms with Gasteiger partial charge in [0.05, 0.1) is 7.11 Å². The molecule has 1 N–H and O–H groups in total. The molecule has 118 valence electrons. The number of aliphatic hydroxyl groups is 1. The van der Waals surface area contributed by atoms with Gasteiger partial charge in [-0.2, -0.15) is 0 Å². The molecule has 1 heterocycles. The first kappa shape index (κ1) is 16.1. The van der Waals surface area contributed by atoms with Crippen molar-refractivity contribution < 1.29 is 14.6 Å². The van der Waals surface area contributed by atoms with E-state index >= 15 is 0 Å². The summed E-state index contributed by atoms with van der Waals surface area (Å²) >= 11 is 0. The normalized spacial score (nSPS) is 24.6. The van der Waals surface area contributed by atoms with Gasteiger partial charge in [0.1, 0.15) is 24.2 Å². The third-order valence-corrected chi connectivity index (χ3v) is 4.28. The van der Waals surface area contributed by atoms with Gasteiger partial charge < -0.3 is 14.6 Å². The summed E-state index contributed by atoms with van der Waals surface area (Å²) in [6, 6.07) is 8.55. The Kier molecular flexibility index (Phi) is 5.88. The molecule has 1 aromatic rings. The second-order valence-corrected chi connectivity index (χ2v) is 5.97. The molecule has 1 aromatic carbocycles. The predicted octanol–water partition coefficient (Wildman–Crippen LogP) is 2.70. The molecule has 1 aliphatic heterocycles. The van der Waals surface area contributed by atoms with Gasteiger partial charge in [-0.3, -0.25) is 4.90 Å². The van der Waals surface area contributed by atoms with Gasteiger partial charge in [-0.25, -0.2) is 0 Å². The highest BCUT2D eigenvalue weighted by atomic mass is 16.5. The first-order valence-corrected chi connectivity index (χ1v) is 7.81. The monoisotopic (exact) mass is 293 g/mol. The first-order valence-electron chi connectivity index (χ1n) is 7.81. The number of likely N-dealkylation sites (tertiary alicyclic amines) is 1. The summed E-state index contributed by atoms with van der Waals surface area (Å²) in [6.45, 7) is 5.46. The van der Waals surface area contributed by atoms with Crippen molar-refractivity contribution in [2.45, 2.75) is 51.3 Å². The molecule has 21 heavy (non-hydrogen) atoms. The van der Waals surface area contributed by atoms with Crippen LogP contribution in [0.25, 0.3) is 0 Å². The highest BCUT2D eigenvalue weighted by molar-refractivity contribution is 5.32. The molecule has 0 amide bonds. The molecule has 1 saturated heterocycles. The molecule has 0 unspecified atom stereocenters. The van der Waals surface area contributed by atoms with Crippen LogP contribution in [0.5, 0.6) is 11.5 Å². The minimum Gasteiger partial charge on any atom is -0.497 e. The second kappa shape index (κ2) is 7.66. The molecular formula is C17H27NO3. The van der Waals surface area contributed by atoms with Crippen LogP contribution in [0.4, 0.5) is 0 Å². The Morgan fingerprint density at radius 2 is 1.90 bits per heavy atom. The van der Waals surface area contributed by atoms with Crippen molar-refractivity contribution in [1.29, 1.82) is 0 Å². The van der Waals surface area contributed by atoms with Gasteiger partial charge in [-0.1, -0.05) is 12.5 Å². The van der Waals surface area contributed by atoms with Crippen molar-refractivity contribution in [3.63, 3.8) is 0 Å². The molecule has 0 spiro atoms. The number of ether oxygens (including phenoxy) is 2.